The summed E-state index contributed by atoms with van der Waals surface area (Å²) in [7, 11) is 0. The van der Waals surface area contributed by atoms with E-state index in [-0.39, 0.29) is 5.78 Å². The second kappa shape index (κ2) is 7.48. The lowest BCUT2D eigenvalue weighted by Crippen LogP contribution is -1.92. The molecule has 0 heterocycles. The minimum Gasteiger partial charge on any atom is -0.295 e. The molecule has 0 saturated heterocycles. The zero-order valence-corrected chi connectivity index (χ0v) is 10.5. The Morgan fingerprint density at radius 2 is 2.00 bits per heavy atom. The van der Waals surface area contributed by atoms with Crippen LogP contribution in [-0.2, 0) is 4.79 Å². The zero-order valence-electron chi connectivity index (χ0n) is 8.96. The van der Waals surface area contributed by atoms with Crippen LogP contribution in [0.1, 0.15) is 24.8 Å². The molecule has 0 unspecified atom stereocenters. The maximum atomic E-state index is 11.4. The molecule has 1 aromatic carbocycles. The van der Waals surface area contributed by atoms with Crippen molar-refractivity contribution in [1.29, 1.82) is 0 Å². The minimum absolute atomic E-state index is 0.116. The van der Waals surface area contributed by atoms with Crippen molar-refractivity contribution in [1.82, 2.24) is 0 Å². The van der Waals surface area contributed by atoms with E-state index < -0.39 is 0 Å². The van der Waals surface area contributed by atoms with Crippen molar-refractivity contribution >= 4 is 35.1 Å². The number of carbonyl (C=O) groups excluding carboxylic acids is 1. The predicted molar refractivity (Wildman–Crippen MR) is 70.1 cm³/mol. The van der Waals surface area contributed by atoms with Crippen molar-refractivity contribution in [2.24, 2.45) is 0 Å². The van der Waals surface area contributed by atoms with Gasteiger partial charge in [-0.05, 0) is 36.6 Å². The van der Waals surface area contributed by atoms with Crippen LogP contribution in [0.5, 0.6) is 0 Å². The van der Waals surface area contributed by atoms with Crippen LogP contribution in [0.3, 0.4) is 0 Å². The Morgan fingerprint density at radius 1 is 1.25 bits per heavy atom. The molecule has 0 aliphatic heterocycles. The lowest BCUT2D eigenvalue weighted by Gasteiger charge is -1.96. The summed E-state index contributed by atoms with van der Waals surface area (Å²) in [4.78, 5) is 11.4. The van der Waals surface area contributed by atoms with E-state index in [1.807, 2.05) is 18.2 Å². The number of hydrogen-bond donors (Lipinski definition) is 0. The molecule has 0 saturated carbocycles. The quantitative estimate of drug-likeness (QED) is 0.421. The summed E-state index contributed by atoms with van der Waals surface area (Å²) in [6.45, 7) is 0. The van der Waals surface area contributed by atoms with Gasteiger partial charge >= 0.3 is 0 Å². The van der Waals surface area contributed by atoms with Crippen molar-refractivity contribution in [3.8, 4) is 0 Å². The van der Waals surface area contributed by atoms with Crippen molar-refractivity contribution in [2.75, 3.05) is 5.88 Å². The van der Waals surface area contributed by atoms with Gasteiger partial charge in [0.1, 0.15) is 0 Å². The van der Waals surface area contributed by atoms with Crippen molar-refractivity contribution < 1.29 is 4.79 Å². The monoisotopic (exact) mass is 256 g/mol. The molecule has 0 aliphatic carbocycles. The molecule has 1 rings (SSSR count). The molecule has 0 amide bonds. The summed E-state index contributed by atoms with van der Waals surface area (Å²) in [6, 6.07) is 7.44. The molecule has 0 aromatic heterocycles. The average molecular weight is 257 g/mol. The van der Waals surface area contributed by atoms with Gasteiger partial charge in [0.15, 0.2) is 5.78 Å². The van der Waals surface area contributed by atoms with Crippen LogP contribution in [0.15, 0.2) is 30.3 Å². The number of halogens is 2. The molecule has 0 spiro atoms. The third-order valence-corrected chi connectivity index (χ3v) is 2.77. The molecule has 0 atom stereocenters. The minimum atomic E-state index is 0.116. The summed E-state index contributed by atoms with van der Waals surface area (Å²) in [6.07, 6.45) is 5.61. The molecule has 86 valence electrons. The first-order valence-corrected chi connectivity index (χ1v) is 6.16. The van der Waals surface area contributed by atoms with Gasteiger partial charge in [-0.2, -0.15) is 0 Å². The van der Waals surface area contributed by atoms with Gasteiger partial charge in [0.05, 0.1) is 0 Å². The number of rotatable bonds is 6. The Balaban J connectivity index is 2.47. The molecule has 0 fully saturated rings. The van der Waals surface area contributed by atoms with Crippen LogP contribution in [-0.4, -0.2) is 11.7 Å². The predicted octanol–water partition coefficient (Wildman–Crippen LogP) is 4.33. The summed E-state index contributed by atoms with van der Waals surface area (Å²) >= 11 is 11.5. The van der Waals surface area contributed by atoms with Crippen LogP contribution < -0.4 is 0 Å². The smallest absolute Gasteiger partial charge is 0.155 e. The lowest BCUT2D eigenvalue weighted by molar-refractivity contribution is -0.114. The standard InChI is InChI=1S/C13H14Cl2O/c14-10-4-3-6-12(16)9-8-11-5-1-2-7-13(11)15/h1-2,5,7-9H,3-4,6,10H2/b9-8+. The van der Waals surface area contributed by atoms with Gasteiger partial charge in [0, 0.05) is 17.3 Å². The van der Waals surface area contributed by atoms with E-state index in [0.29, 0.717) is 17.3 Å². The number of hydrogen-bond acceptors (Lipinski definition) is 1. The molecule has 1 nitrogen and oxygen atoms in total. The van der Waals surface area contributed by atoms with E-state index in [4.69, 9.17) is 23.2 Å². The van der Waals surface area contributed by atoms with Gasteiger partial charge in [-0.25, -0.2) is 0 Å². The molecule has 0 bridgehead atoms. The van der Waals surface area contributed by atoms with Crippen LogP contribution in [0, 0.1) is 0 Å². The largest absolute Gasteiger partial charge is 0.295 e. The Morgan fingerprint density at radius 3 is 2.69 bits per heavy atom. The Kier molecular flexibility index (Phi) is 6.20. The second-order valence-corrected chi connectivity index (χ2v) is 4.25. The van der Waals surface area contributed by atoms with Crippen molar-refractivity contribution in [2.45, 2.75) is 19.3 Å². The maximum absolute atomic E-state index is 11.4. The highest BCUT2D eigenvalue weighted by Crippen LogP contribution is 2.16. The fourth-order valence-electron chi connectivity index (χ4n) is 1.27. The molecule has 1 aromatic rings. The lowest BCUT2D eigenvalue weighted by atomic mass is 10.1. The highest BCUT2D eigenvalue weighted by atomic mass is 35.5. The fourth-order valence-corrected chi connectivity index (χ4v) is 1.66. The molecular weight excluding hydrogens is 243 g/mol. The topological polar surface area (TPSA) is 17.1 Å². The van der Waals surface area contributed by atoms with Gasteiger partial charge in [-0.3, -0.25) is 4.79 Å². The van der Waals surface area contributed by atoms with Crippen molar-refractivity contribution in [3.05, 3.63) is 40.9 Å². The highest BCUT2D eigenvalue weighted by Gasteiger charge is 1.98. The summed E-state index contributed by atoms with van der Waals surface area (Å²) < 4.78 is 0. The average Bonchev–Trinajstić information content (AvgIpc) is 2.28. The normalized spacial score (nSPS) is 10.9. The van der Waals surface area contributed by atoms with Gasteiger partial charge in [0.2, 0.25) is 0 Å². The number of ketones is 1. The SMILES string of the molecule is O=C(/C=C/c1ccccc1Cl)CCCCCl. The highest BCUT2D eigenvalue weighted by molar-refractivity contribution is 6.32. The van der Waals surface area contributed by atoms with E-state index in [9.17, 15) is 4.79 Å². The van der Waals surface area contributed by atoms with Crippen LogP contribution in [0.4, 0.5) is 0 Å². The second-order valence-electron chi connectivity index (χ2n) is 3.47. The molecule has 0 N–H and O–H groups in total. The molecule has 3 heteroatoms. The van der Waals surface area contributed by atoms with Crippen molar-refractivity contribution in [3.63, 3.8) is 0 Å². The van der Waals surface area contributed by atoms with E-state index >= 15 is 0 Å². The summed E-state index contributed by atoms with van der Waals surface area (Å²) in [5, 5.41) is 0.660. The van der Waals surface area contributed by atoms with Crippen LogP contribution >= 0.6 is 23.2 Å². The number of allylic oxidation sites excluding steroid dienone is 1. The first-order chi connectivity index (χ1) is 7.74. The first-order valence-electron chi connectivity index (χ1n) is 5.25. The zero-order chi connectivity index (χ0) is 11.8. The Labute approximate surface area is 106 Å². The van der Waals surface area contributed by atoms with Gasteiger partial charge in [0.25, 0.3) is 0 Å². The third-order valence-electron chi connectivity index (χ3n) is 2.16. The summed E-state index contributed by atoms with van der Waals surface area (Å²) in [5.41, 5.74) is 0.870. The third kappa shape index (κ3) is 4.82. The Hall–Kier alpha value is -0.790. The number of carbonyl (C=O) groups is 1. The molecular formula is C13H14Cl2O. The number of benzene rings is 1. The van der Waals surface area contributed by atoms with Gasteiger partial charge in [-0.1, -0.05) is 29.8 Å². The molecule has 0 radical (unpaired) electrons. The fraction of sp³-hybridized carbons (Fsp3) is 0.308. The number of alkyl halides is 1. The summed E-state index contributed by atoms with van der Waals surface area (Å²) in [5.74, 6) is 0.728. The Bertz CT molecular complexity index is 372. The number of unbranched alkanes of at least 4 members (excludes halogenated alkanes) is 1. The molecule has 0 aliphatic rings. The van der Waals surface area contributed by atoms with E-state index in [1.165, 1.54) is 0 Å². The van der Waals surface area contributed by atoms with E-state index in [0.717, 1.165) is 18.4 Å². The maximum Gasteiger partial charge on any atom is 0.155 e. The first kappa shape index (κ1) is 13.3. The van der Waals surface area contributed by atoms with E-state index in [1.54, 1.807) is 18.2 Å². The van der Waals surface area contributed by atoms with Crippen LogP contribution in [0.25, 0.3) is 6.08 Å². The molecule has 16 heavy (non-hydrogen) atoms. The van der Waals surface area contributed by atoms with Gasteiger partial charge < -0.3 is 0 Å². The van der Waals surface area contributed by atoms with E-state index in [2.05, 4.69) is 0 Å². The van der Waals surface area contributed by atoms with Crippen LogP contribution in [0.2, 0.25) is 5.02 Å². The van der Waals surface area contributed by atoms with Gasteiger partial charge in [-0.15, -0.1) is 11.6 Å².